The standard InChI is InChI=1S/C12H8ClN3O2S/c13-11-2-1-7-15-12(11)16-19(17,18)10-5-3-9(8-14)4-6-10/h1-7H,(H,15,16). The summed E-state index contributed by atoms with van der Waals surface area (Å²) >= 11 is 5.83. The van der Waals surface area contributed by atoms with Crippen molar-refractivity contribution in [1.82, 2.24) is 4.98 Å². The highest BCUT2D eigenvalue weighted by molar-refractivity contribution is 7.92. The molecular formula is C12H8ClN3O2S. The van der Waals surface area contributed by atoms with Gasteiger partial charge >= 0.3 is 0 Å². The van der Waals surface area contributed by atoms with Gasteiger partial charge < -0.3 is 0 Å². The van der Waals surface area contributed by atoms with Crippen molar-refractivity contribution in [2.24, 2.45) is 0 Å². The quantitative estimate of drug-likeness (QED) is 0.942. The Labute approximate surface area is 115 Å². The summed E-state index contributed by atoms with van der Waals surface area (Å²) < 4.78 is 26.4. The molecule has 0 aliphatic carbocycles. The second kappa shape index (κ2) is 5.26. The fourth-order valence-electron chi connectivity index (χ4n) is 1.36. The van der Waals surface area contributed by atoms with Crippen molar-refractivity contribution in [3.63, 3.8) is 0 Å². The minimum absolute atomic E-state index is 0.0354. The lowest BCUT2D eigenvalue weighted by Crippen LogP contribution is -2.14. The zero-order valence-electron chi connectivity index (χ0n) is 9.54. The lowest BCUT2D eigenvalue weighted by Gasteiger charge is -2.08. The molecule has 0 unspecified atom stereocenters. The van der Waals surface area contributed by atoms with Crippen molar-refractivity contribution < 1.29 is 8.42 Å². The Bertz CT molecular complexity index is 736. The van der Waals surface area contributed by atoms with Crippen LogP contribution in [0.25, 0.3) is 0 Å². The number of hydrogen-bond donors (Lipinski definition) is 1. The summed E-state index contributed by atoms with van der Waals surface area (Å²) in [4.78, 5) is 3.88. The Morgan fingerprint density at radius 1 is 1.21 bits per heavy atom. The third-order valence-corrected chi connectivity index (χ3v) is 3.94. The van der Waals surface area contributed by atoms with Crippen LogP contribution in [-0.4, -0.2) is 13.4 Å². The number of nitrogens with zero attached hydrogens (tertiary/aromatic N) is 2. The smallest absolute Gasteiger partial charge is 0.262 e. The highest BCUT2D eigenvalue weighted by atomic mass is 35.5. The normalized spacial score (nSPS) is 10.7. The van der Waals surface area contributed by atoms with Crippen molar-refractivity contribution in [3.05, 3.63) is 53.2 Å². The van der Waals surface area contributed by atoms with Gasteiger partial charge in [-0.1, -0.05) is 11.6 Å². The number of halogens is 1. The van der Waals surface area contributed by atoms with Crippen LogP contribution in [0, 0.1) is 11.3 Å². The van der Waals surface area contributed by atoms with Crippen LogP contribution >= 0.6 is 11.6 Å². The third-order valence-electron chi connectivity index (χ3n) is 2.28. The van der Waals surface area contributed by atoms with E-state index in [9.17, 15) is 8.42 Å². The monoisotopic (exact) mass is 293 g/mol. The van der Waals surface area contributed by atoms with E-state index >= 15 is 0 Å². The number of nitrogens with one attached hydrogen (secondary N) is 1. The Morgan fingerprint density at radius 2 is 1.89 bits per heavy atom. The topological polar surface area (TPSA) is 82.8 Å². The molecule has 1 aromatic heterocycles. The lowest BCUT2D eigenvalue weighted by molar-refractivity contribution is 0.601. The van der Waals surface area contributed by atoms with Crippen LogP contribution in [0.5, 0.6) is 0 Å². The van der Waals surface area contributed by atoms with Crippen LogP contribution < -0.4 is 4.72 Å². The Hall–Kier alpha value is -2.10. The second-order valence-electron chi connectivity index (χ2n) is 3.58. The van der Waals surface area contributed by atoms with Crippen molar-refractivity contribution >= 4 is 27.4 Å². The molecule has 0 amide bonds. The van der Waals surface area contributed by atoms with E-state index in [-0.39, 0.29) is 15.7 Å². The summed E-state index contributed by atoms with van der Waals surface area (Å²) in [5, 5.41) is 8.87. The maximum absolute atomic E-state index is 12.1. The fourth-order valence-corrected chi connectivity index (χ4v) is 2.61. The van der Waals surface area contributed by atoms with Gasteiger partial charge in [-0.25, -0.2) is 13.4 Å². The van der Waals surface area contributed by atoms with Crippen molar-refractivity contribution in [2.75, 3.05) is 4.72 Å². The van der Waals surface area contributed by atoms with Gasteiger partial charge in [0.25, 0.3) is 10.0 Å². The lowest BCUT2D eigenvalue weighted by atomic mass is 10.2. The number of aromatic nitrogens is 1. The molecule has 1 aromatic carbocycles. The van der Waals surface area contributed by atoms with Crippen LogP contribution in [0.2, 0.25) is 5.02 Å². The molecule has 2 aromatic rings. The molecule has 19 heavy (non-hydrogen) atoms. The van der Waals surface area contributed by atoms with Crippen molar-refractivity contribution in [3.8, 4) is 6.07 Å². The van der Waals surface area contributed by atoms with Gasteiger partial charge in [-0.3, -0.25) is 4.72 Å². The molecule has 0 fully saturated rings. The van der Waals surface area contributed by atoms with Gasteiger partial charge in [0.05, 0.1) is 21.6 Å². The Kier molecular flexibility index (Phi) is 3.69. The second-order valence-corrected chi connectivity index (χ2v) is 5.67. The van der Waals surface area contributed by atoms with Gasteiger partial charge in [0.15, 0.2) is 5.82 Å². The first kappa shape index (κ1) is 13.3. The summed E-state index contributed by atoms with van der Waals surface area (Å²) in [6.45, 7) is 0. The number of anilines is 1. The van der Waals surface area contributed by atoms with Crippen LogP contribution in [-0.2, 0) is 10.0 Å². The molecule has 0 saturated heterocycles. The summed E-state index contributed by atoms with van der Waals surface area (Å²) in [5.74, 6) is 0.0635. The fraction of sp³-hybridized carbons (Fsp3) is 0. The summed E-state index contributed by atoms with van der Waals surface area (Å²) in [7, 11) is -3.77. The minimum Gasteiger partial charge on any atom is -0.262 e. The van der Waals surface area contributed by atoms with Crippen molar-refractivity contribution in [1.29, 1.82) is 5.26 Å². The molecule has 0 bridgehead atoms. The molecule has 0 aliphatic heterocycles. The van der Waals surface area contributed by atoms with E-state index < -0.39 is 10.0 Å². The maximum Gasteiger partial charge on any atom is 0.263 e. The molecular weight excluding hydrogens is 286 g/mol. The number of rotatable bonds is 3. The third kappa shape index (κ3) is 3.02. The van der Waals surface area contributed by atoms with E-state index in [1.54, 1.807) is 6.07 Å². The average Bonchev–Trinajstić information content (AvgIpc) is 2.41. The minimum atomic E-state index is -3.77. The SMILES string of the molecule is N#Cc1ccc(S(=O)(=O)Nc2ncccc2Cl)cc1. The van der Waals surface area contributed by atoms with Gasteiger partial charge in [0, 0.05) is 6.20 Å². The number of pyridine rings is 1. The van der Waals surface area contributed by atoms with Gasteiger partial charge in [0.2, 0.25) is 0 Å². The molecule has 0 atom stereocenters. The molecule has 0 saturated carbocycles. The van der Waals surface area contributed by atoms with Gasteiger partial charge in [-0.05, 0) is 36.4 Å². The largest absolute Gasteiger partial charge is 0.263 e. The first-order valence-electron chi connectivity index (χ1n) is 5.16. The molecule has 7 heteroatoms. The molecule has 2 rings (SSSR count). The van der Waals surface area contributed by atoms with Crippen LogP contribution in [0.1, 0.15) is 5.56 Å². The van der Waals surface area contributed by atoms with Crippen LogP contribution in [0.3, 0.4) is 0 Å². The molecule has 0 aliphatic rings. The predicted octanol–water partition coefficient (Wildman–Crippen LogP) is 2.41. The van der Waals surface area contributed by atoms with E-state index in [0.717, 1.165) is 0 Å². The highest BCUT2D eigenvalue weighted by Gasteiger charge is 2.16. The van der Waals surface area contributed by atoms with Crippen LogP contribution in [0.4, 0.5) is 5.82 Å². The first-order chi connectivity index (χ1) is 9.03. The van der Waals surface area contributed by atoms with E-state index in [0.29, 0.717) is 5.56 Å². The van der Waals surface area contributed by atoms with E-state index in [2.05, 4.69) is 9.71 Å². The van der Waals surface area contributed by atoms with Crippen molar-refractivity contribution in [2.45, 2.75) is 4.90 Å². The molecule has 0 radical (unpaired) electrons. The number of hydrogen-bond acceptors (Lipinski definition) is 4. The first-order valence-corrected chi connectivity index (χ1v) is 7.02. The van der Waals surface area contributed by atoms with Gasteiger partial charge in [-0.15, -0.1) is 0 Å². The van der Waals surface area contributed by atoms with E-state index in [4.69, 9.17) is 16.9 Å². The number of benzene rings is 1. The number of sulfonamides is 1. The maximum atomic E-state index is 12.1. The molecule has 96 valence electrons. The predicted molar refractivity (Wildman–Crippen MR) is 71.2 cm³/mol. The number of nitriles is 1. The van der Waals surface area contributed by atoms with Gasteiger partial charge in [-0.2, -0.15) is 5.26 Å². The average molecular weight is 294 g/mol. The molecule has 1 N–H and O–H groups in total. The Morgan fingerprint density at radius 3 is 2.47 bits per heavy atom. The Balaban J connectivity index is 2.33. The van der Waals surface area contributed by atoms with Crippen LogP contribution in [0.15, 0.2) is 47.5 Å². The van der Waals surface area contributed by atoms with Gasteiger partial charge in [0.1, 0.15) is 0 Å². The highest BCUT2D eigenvalue weighted by Crippen LogP contribution is 2.21. The van der Waals surface area contributed by atoms with E-state index in [1.165, 1.54) is 36.5 Å². The summed E-state index contributed by atoms with van der Waals surface area (Å²) in [5.41, 5.74) is 0.384. The summed E-state index contributed by atoms with van der Waals surface area (Å²) in [6.07, 6.45) is 1.43. The molecule has 1 heterocycles. The molecule has 0 spiro atoms. The van der Waals surface area contributed by atoms with E-state index in [1.807, 2.05) is 6.07 Å². The zero-order chi connectivity index (χ0) is 13.9. The zero-order valence-corrected chi connectivity index (χ0v) is 11.1. The molecule has 5 nitrogen and oxygen atoms in total. The summed E-state index contributed by atoms with van der Waals surface area (Å²) in [6, 6.07) is 10.6.